The van der Waals surface area contributed by atoms with E-state index in [-0.39, 0.29) is 5.82 Å². The number of nitrogens with one attached hydrogen (secondary N) is 1. The molecule has 0 bridgehead atoms. The monoisotopic (exact) mass is 316 g/mol. The highest BCUT2D eigenvalue weighted by molar-refractivity contribution is 6.30. The van der Waals surface area contributed by atoms with Crippen LogP contribution in [-0.4, -0.2) is 4.98 Å². The average Bonchev–Trinajstić information content (AvgIpc) is 2.96. The van der Waals surface area contributed by atoms with Crippen LogP contribution in [0.4, 0.5) is 10.1 Å². The Balaban J connectivity index is 1.70. The molecule has 1 aromatic heterocycles. The minimum atomic E-state index is -0.288. The third kappa shape index (κ3) is 3.28. The van der Waals surface area contributed by atoms with Gasteiger partial charge in [0.2, 0.25) is 5.89 Å². The molecule has 0 radical (unpaired) electrons. The van der Waals surface area contributed by atoms with Crippen LogP contribution in [0, 0.1) is 12.7 Å². The maximum atomic E-state index is 13.7. The molecule has 22 heavy (non-hydrogen) atoms. The lowest BCUT2D eigenvalue weighted by atomic mass is 10.2. The van der Waals surface area contributed by atoms with Gasteiger partial charge in [0, 0.05) is 10.6 Å². The van der Waals surface area contributed by atoms with Crippen LogP contribution in [0.2, 0.25) is 5.02 Å². The first-order chi connectivity index (χ1) is 10.6. The number of hydrogen-bond donors (Lipinski definition) is 1. The van der Waals surface area contributed by atoms with E-state index in [4.69, 9.17) is 16.0 Å². The number of rotatable bonds is 4. The number of halogens is 2. The van der Waals surface area contributed by atoms with Crippen molar-refractivity contribution in [3.63, 3.8) is 0 Å². The van der Waals surface area contributed by atoms with E-state index >= 15 is 0 Å². The molecule has 2 aromatic carbocycles. The summed E-state index contributed by atoms with van der Waals surface area (Å²) in [6.45, 7) is 2.16. The molecule has 1 heterocycles. The van der Waals surface area contributed by atoms with Crippen LogP contribution in [0.5, 0.6) is 0 Å². The predicted octanol–water partition coefficient (Wildman–Crippen LogP) is 5.05. The standard InChI is InChI=1S/C17H14ClFN2O/c1-11-2-7-15(14(19)8-11)20-10-17-21-9-16(22-17)12-3-5-13(18)6-4-12/h2-9,20H,10H2,1H3. The second-order valence-corrected chi connectivity index (χ2v) is 5.40. The maximum absolute atomic E-state index is 13.7. The number of benzene rings is 2. The molecule has 0 fully saturated rings. The fraction of sp³-hybridized carbons (Fsp3) is 0.118. The van der Waals surface area contributed by atoms with Crippen LogP contribution in [0.1, 0.15) is 11.5 Å². The van der Waals surface area contributed by atoms with Crippen LogP contribution in [0.3, 0.4) is 0 Å². The molecule has 5 heteroatoms. The molecule has 0 aliphatic rings. The van der Waals surface area contributed by atoms with Crippen molar-refractivity contribution in [3.8, 4) is 11.3 Å². The second kappa shape index (κ2) is 6.20. The number of oxazole rings is 1. The van der Waals surface area contributed by atoms with Gasteiger partial charge in [-0.1, -0.05) is 17.7 Å². The quantitative estimate of drug-likeness (QED) is 0.731. The van der Waals surface area contributed by atoms with Crippen molar-refractivity contribution in [1.29, 1.82) is 0 Å². The van der Waals surface area contributed by atoms with Gasteiger partial charge in [-0.05, 0) is 48.9 Å². The molecule has 0 saturated heterocycles. The molecule has 0 aliphatic carbocycles. The van der Waals surface area contributed by atoms with Crippen molar-refractivity contribution in [3.05, 3.63) is 71.0 Å². The molecule has 0 saturated carbocycles. The molecule has 3 nitrogen and oxygen atoms in total. The molecular formula is C17H14ClFN2O. The topological polar surface area (TPSA) is 38.1 Å². The smallest absolute Gasteiger partial charge is 0.214 e. The van der Waals surface area contributed by atoms with Crippen molar-refractivity contribution in [2.45, 2.75) is 13.5 Å². The van der Waals surface area contributed by atoms with Crippen molar-refractivity contribution in [1.82, 2.24) is 4.98 Å². The van der Waals surface area contributed by atoms with Crippen LogP contribution in [0.25, 0.3) is 11.3 Å². The highest BCUT2D eigenvalue weighted by atomic mass is 35.5. The van der Waals surface area contributed by atoms with Crippen molar-refractivity contribution < 1.29 is 8.81 Å². The number of aryl methyl sites for hydroxylation is 1. The highest BCUT2D eigenvalue weighted by Gasteiger charge is 2.08. The first kappa shape index (κ1) is 14.6. The van der Waals surface area contributed by atoms with Gasteiger partial charge in [0.15, 0.2) is 5.76 Å². The van der Waals surface area contributed by atoms with E-state index in [0.717, 1.165) is 11.1 Å². The van der Waals surface area contributed by atoms with Gasteiger partial charge in [-0.2, -0.15) is 0 Å². The van der Waals surface area contributed by atoms with Gasteiger partial charge < -0.3 is 9.73 Å². The van der Waals surface area contributed by atoms with E-state index < -0.39 is 0 Å². The van der Waals surface area contributed by atoms with Crippen LogP contribution in [0.15, 0.2) is 53.1 Å². The lowest BCUT2D eigenvalue weighted by Crippen LogP contribution is -2.01. The van der Waals surface area contributed by atoms with Gasteiger partial charge in [0.25, 0.3) is 0 Å². The Morgan fingerprint density at radius 3 is 2.68 bits per heavy atom. The summed E-state index contributed by atoms with van der Waals surface area (Å²) < 4.78 is 19.4. The zero-order valence-electron chi connectivity index (χ0n) is 11.9. The van der Waals surface area contributed by atoms with E-state index in [1.165, 1.54) is 6.07 Å². The van der Waals surface area contributed by atoms with Gasteiger partial charge in [-0.3, -0.25) is 0 Å². The summed E-state index contributed by atoms with van der Waals surface area (Å²) in [6.07, 6.45) is 1.64. The van der Waals surface area contributed by atoms with E-state index in [2.05, 4.69) is 10.3 Å². The zero-order valence-corrected chi connectivity index (χ0v) is 12.7. The summed E-state index contributed by atoms with van der Waals surface area (Å²) in [5, 5.41) is 3.64. The maximum Gasteiger partial charge on any atom is 0.214 e. The fourth-order valence-electron chi connectivity index (χ4n) is 2.07. The van der Waals surface area contributed by atoms with E-state index in [1.807, 2.05) is 25.1 Å². The summed E-state index contributed by atoms with van der Waals surface area (Å²) in [5.41, 5.74) is 2.20. The summed E-state index contributed by atoms with van der Waals surface area (Å²) >= 11 is 5.86. The minimum Gasteiger partial charge on any atom is -0.439 e. The summed E-state index contributed by atoms with van der Waals surface area (Å²) in [5.74, 6) is 0.854. The third-order valence-corrected chi connectivity index (χ3v) is 3.49. The Kier molecular flexibility index (Phi) is 4.11. The Hall–Kier alpha value is -2.33. The highest BCUT2D eigenvalue weighted by Crippen LogP contribution is 2.23. The Bertz CT molecular complexity index is 784. The van der Waals surface area contributed by atoms with Crippen LogP contribution in [-0.2, 0) is 6.54 Å². The van der Waals surface area contributed by atoms with Gasteiger partial charge in [0.05, 0.1) is 18.4 Å². The summed E-state index contributed by atoms with van der Waals surface area (Å²) in [6, 6.07) is 12.3. The van der Waals surface area contributed by atoms with Gasteiger partial charge in [-0.25, -0.2) is 9.37 Å². The van der Waals surface area contributed by atoms with Gasteiger partial charge in [0.1, 0.15) is 5.82 Å². The van der Waals surface area contributed by atoms with E-state index in [9.17, 15) is 4.39 Å². The van der Waals surface area contributed by atoms with Crippen molar-refractivity contribution in [2.75, 3.05) is 5.32 Å². The number of anilines is 1. The van der Waals surface area contributed by atoms with E-state index in [1.54, 1.807) is 24.4 Å². The molecule has 3 rings (SSSR count). The first-order valence-corrected chi connectivity index (χ1v) is 7.20. The zero-order chi connectivity index (χ0) is 15.5. The first-order valence-electron chi connectivity index (χ1n) is 6.82. The van der Waals surface area contributed by atoms with Crippen LogP contribution < -0.4 is 5.32 Å². The lowest BCUT2D eigenvalue weighted by molar-refractivity contribution is 0.515. The van der Waals surface area contributed by atoms with Gasteiger partial charge >= 0.3 is 0 Å². The lowest BCUT2D eigenvalue weighted by Gasteiger charge is -2.05. The molecular weight excluding hydrogens is 303 g/mol. The molecule has 112 valence electrons. The molecule has 3 aromatic rings. The van der Waals surface area contributed by atoms with Crippen molar-refractivity contribution >= 4 is 17.3 Å². The van der Waals surface area contributed by atoms with Gasteiger partial charge in [-0.15, -0.1) is 0 Å². The molecule has 0 atom stereocenters. The van der Waals surface area contributed by atoms with E-state index in [0.29, 0.717) is 28.9 Å². The predicted molar refractivity (Wildman–Crippen MR) is 85.4 cm³/mol. The number of hydrogen-bond acceptors (Lipinski definition) is 3. The second-order valence-electron chi connectivity index (χ2n) is 4.96. The molecule has 0 spiro atoms. The third-order valence-electron chi connectivity index (χ3n) is 3.24. The average molecular weight is 317 g/mol. The normalized spacial score (nSPS) is 10.7. The molecule has 1 N–H and O–H groups in total. The Labute approximate surface area is 132 Å². The largest absolute Gasteiger partial charge is 0.439 e. The SMILES string of the molecule is Cc1ccc(NCc2ncc(-c3ccc(Cl)cc3)o2)c(F)c1. The molecule has 0 unspecified atom stereocenters. The summed E-state index contributed by atoms with van der Waals surface area (Å²) in [7, 11) is 0. The molecule has 0 aliphatic heterocycles. The Morgan fingerprint density at radius 1 is 1.18 bits per heavy atom. The minimum absolute atomic E-state index is 0.288. The Morgan fingerprint density at radius 2 is 1.95 bits per heavy atom. The number of nitrogens with zero attached hydrogens (tertiary/aromatic N) is 1. The summed E-state index contributed by atoms with van der Waals surface area (Å²) in [4.78, 5) is 4.19. The molecule has 0 amide bonds. The fourth-order valence-corrected chi connectivity index (χ4v) is 2.20. The van der Waals surface area contributed by atoms with Crippen LogP contribution >= 0.6 is 11.6 Å². The van der Waals surface area contributed by atoms with Crippen molar-refractivity contribution in [2.24, 2.45) is 0 Å². The number of aromatic nitrogens is 1.